The number of nitrogens with zero attached hydrogens (tertiary/aromatic N) is 2. The lowest BCUT2D eigenvalue weighted by Gasteiger charge is -2.06. The SMILES string of the molecule is O=c1c(I)c(Cl)ncn1Cc1ccc(I)cc1. The normalized spacial score (nSPS) is 10.5. The summed E-state index contributed by atoms with van der Waals surface area (Å²) in [5.41, 5.74) is 0.955. The van der Waals surface area contributed by atoms with Gasteiger partial charge in [-0.05, 0) is 62.9 Å². The van der Waals surface area contributed by atoms with Crippen molar-refractivity contribution in [3.05, 3.63) is 58.8 Å². The number of aromatic nitrogens is 2. The molecule has 1 aromatic carbocycles. The van der Waals surface area contributed by atoms with E-state index in [1.807, 2.05) is 46.9 Å². The van der Waals surface area contributed by atoms with Gasteiger partial charge in [0, 0.05) is 3.57 Å². The van der Waals surface area contributed by atoms with Crippen molar-refractivity contribution in [2.75, 3.05) is 0 Å². The molecule has 0 aliphatic carbocycles. The van der Waals surface area contributed by atoms with Crippen LogP contribution in [0.5, 0.6) is 0 Å². The third kappa shape index (κ3) is 3.19. The van der Waals surface area contributed by atoms with Crippen LogP contribution in [0.3, 0.4) is 0 Å². The zero-order chi connectivity index (χ0) is 12.4. The van der Waals surface area contributed by atoms with Crippen molar-refractivity contribution >= 4 is 56.8 Å². The lowest BCUT2D eigenvalue weighted by molar-refractivity contribution is 0.730. The smallest absolute Gasteiger partial charge is 0.268 e. The average molecular weight is 472 g/mol. The molecule has 0 radical (unpaired) electrons. The first-order chi connectivity index (χ1) is 8.08. The fourth-order valence-corrected chi connectivity index (χ4v) is 2.28. The van der Waals surface area contributed by atoms with E-state index in [4.69, 9.17) is 11.6 Å². The first-order valence-corrected chi connectivity index (χ1v) is 7.26. The summed E-state index contributed by atoms with van der Waals surface area (Å²) in [6, 6.07) is 8.01. The van der Waals surface area contributed by atoms with Crippen molar-refractivity contribution in [1.29, 1.82) is 0 Å². The van der Waals surface area contributed by atoms with Crippen molar-refractivity contribution < 1.29 is 0 Å². The highest BCUT2D eigenvalue weighted by Gasteiger charge is 2.06. The molecular formula is C11H7ClI2N2O. The lowest BCUT2D eigenvalue weighted by atomic mass is 10.2. The van der Waals surface area contributed by atoms with Crippen LogP contribution in [0.25, 0.3) is 0 Å². The molecule has 0 unspecified atom stereocenters. The van der Waals surface area contributed by atoms with Crippen molar-refractivity contribution in [3.8, 4) is 0 Å². The van der Waals surface area contributed by atoms with E-state index in [0.29, 0.717) is 10.1 Å². The molecule has 0 spiro atoms. The van der Waals surface area contributed by atoms with Crippen LogP contribution in [-0.4, -0.2) is 9.55 Å². The zero-order valence-electron chi connectivity index (χ0n) is 8.53. The Bertz CT molecular complexity index is 595. The Morgan fingerprint density at radius 3 is 2.53 bits per heavy atom. The van der Waals surface area contributed by atoms with Crippen LogP contribution in [0.4, 0.5) is 0 Å². The molecule has 0 N–H and O–H groups in total. The predicted octanol–water partition coefficient (Wildman–Crippen LogP) is 3.15. The van der Waals surface area contributed by atoms with Gasteiger partial charge < -0.3 is 0 Å². The summed E-state index contributed by atoms with van der Waals surface area (Å²) in [4.78, 5) is 15.9. The molecule has 0 saturated heterocycles. The van der Waals surface area contributed by atoms with Gasteiger partial charge in [0.05, 0.1) is 12.9 Å². The minimum Gasteiger partial charge on any atom is -0.294 e. The summed E-state index contributed by atoms with van der Waals surface area (Å²) in [6.45, 7) is 0.510. The molecule has 88 valence electrons. The highest BCUT2D eigenvalue weighted by atomic mass is 127. The van der Waals surface area contributed by atoms with Crippen LogP contribution in [0.15, 0.2) is 35.4 Å². The Balaban J connectivity index is 2.34. The van der Waals surface area contributed by atoms with Crippen LogP contribution in [-0.2, 0) is 6.54 Å². The molecule has 0 aliphatic rings. The predicted molar refractivity (Wildman–Crippen MR) is 84.5 cm³/mol. The number of rotatable bonds is 2. The Morgan fingerprint density at radius 2 is 1.88 bits per heavy atom. The molecule has 1 aromatic heterocycles. The highest BCUT2D eigenvalue weighted by molar-refractivity contribution is 14.1. The van der Waals surface area contributed by atoms with Crippen molar-refractivity contribution in [3.63, 3.8) is 0 Å². The fourth-order valence-electron chi connectivity index (χ4n) is 1.34. The summed E-state index contributed by atoms with van der Waals surface area (Å²) in [5, 5.41) is 0.259. The molecule has 6 heteroatoms. The first-order valence-electron chi connectivity index (χ1n) is 4.73. The molecule has 2 rings (SSSR count). The van der Waals surface area contributed by atoms with Gasteiger partial charge >= 0.3 is 0 Å². The number of hydrogen-bond donors (Lipinski definition) is 0. The molecule has 3 nitrogen and oxygen atoms in total. The van der Waals surface area contributed by atoms with E-state index >= 15 is 0 Å². The van der Waals surface area contributed by atoms with Crippen LogP contribution in [0, 0.1) is 7.14 Å². The van der Waals surface area contributed by atoms with E-state index in [9.17, 15) is 4.79 Å². The van der Waals surface area contributed by atoms with Gasteiger partial charge in [0.1, 0.15) is 8.72 Å². The molecule has 0 fully saturated rings. The zero-order valence-corrected chi connectivity index (χ0v) is 13.6. The van der Waals surface area contributed by atoms with Crippen molar-refractivity contribution in [2.24, 2.45) is 0 Å². The van der Waals surface area contributed by atoms with Crippen molar-refractivity contribution in [2.45, 2.75) is 6.54 Å². The van der Waals surface area contributed by atoms with Crippen LogP contribution < -0.4 is 5.56 Å². The molecule has 0 atom stereocenters. The van der Waals surface area contributed by atoms with E-state index in [0.717, 1.165) is 5.56 Å². The monoisotopic (exact) mass is 472 g/mol. The molecule has 1 heterocycles. The summed E-state index contributed by atoms with van der Waals surface area (Å²) >= 11 is 9.93. The topological polar surface area (TPSA) is 34.9 Å². The Kier molecular flexibility index (Phi) is 4.42. The van der Waals surface area contributed by atoms with Crippen LogP contribution >= 0.6 is 56.8 Å². The molecule has 0 amide bonds. The van der Waals surface area contributed by atoms with Crippen LogP contribution in [0.1, 0.15) is 5.56 Å². The van der Waals surface area contributed by atoms with E-state index in [1.54, 1.807) is 4.57 Å². The molecule has 0 bridgehead atoms. The minimum atomic E-state index is -0.107. The second-order valence-electron chi connectivity index (χ2n) is 3.41. The quantitative estimate of drug-likeness (QED) is 0.497. The van der Waals surface area contributed by atoms with E-state index in [-0.39, 0.29) is 10.7 Å². The third-order valence-electron chi connectivity index (χ3n) is 2.21. The van der Waals surface area contributed by atoms with Gasteiger partial charge in [-0.25, -0.2) is 4.98 Å². The second kappa shape index (κ2) is 5.66. The lowest BCUT2D eigenvalue weighted by Crippen LogP contribution is -2.23. The Hall–Kier alpha value is -0.150. The second-order valence-corrected chi connectivity index (χ2v) is 6.09. The molecular weight excluding hydrogens is 465 g/mol. The van der Waals surface area contributed by atoms with Crippen LogP contribution in [0.2, 0.25) is 5.15 Å². The summed E-state index contributed by atoms with van der Waals surface area (Å²) < 4.78 is 3.18. The van der Waals surface area contributed by atoms with Gasteiger partial charge in [-0.2, -0.15) is 0 Å². The van der Waals surface area contributed by atoms with E-state index in [1.165, 1.54) is 9.90 Å². The fraction of sp³-hybridized carbons (Fsp3) is 0.0909. The van der Waals surface area contributed by atoms with Gasteiger partial charge in [0.25, 0.3) is 5.56 Å². The first kappa shape index (κ1) is 13.3. The summed E-state index contributed by atoms with van der Waals surface area (Å²) in [6.07, 6.45) is 1.48. The molecule has 0 aliphatic heterocycles. The van der Waals surface area contributed by atoms with E-state index < -0.39 is 0 Å². The average Bonchev–Trinajstić information content (AvgIpc) is 2.33. The Morgan fingerprint density at radius 1 is 1.24 bits per heavy atom. The largest absolute Gasteiger partial charge is 0.294 e. The molecule has 17 heavy (non-hydrogen) atoms. The Labute approximate surface area is 130 Å². The maximum absolute atomic E-state index is 11.9. The highest BCUT2D eigenvalue weighted by Crippen LogP contribution is 2.11. The maximum Gasteiger partial charge on any atom is 0.268 e. The summed E-state index contributed by atoms with van der Waals surface area (Å²) in [5.74, 6) is 0. The third-order valence-corrected chi connectivity index (χ3v) is 4.50. The van der Waals surface area contributed by atoms with Gasteiger partial charge in [-0.3, -0.25) is 9.36 Å². The standard InChI is InChI=1S/C11H7ClI2N2O/c12-10-9(14)11(17)16(6-15-10)5-7-1-3-8(13)4-2-7/h1-4,6H,5H2. The summed E-state index contributed by atoms with van der Waals surface area (Å²) in [7, 11) is 0. The number of benzene rings is 1. The molecule has 0 saturated carbocycles. The maximum atomic E-state index is 11.9. The minimum absolute atomic E-state index is 0.107. The van der Waals surface area contributed by atoms with E-state index in [2.05, 4.69) is 27.6 Å². The van der Waals surface area contributed by atoms with Gasteiger partial charge in [-0.1, -0.05) is 23.7 Å². The van der Waals surface area contributed by atoms with Gasteiger partial charge in [0.2, 0.25) is 0 Å². The number of hydrogen-bond acceptors (Lipinski definition) is 2. The van der Waals surface area contributed by atoms with Gasteiger partial charge in [0.15, 0.2) is 0 Å². The van der Waals surface area contributed by atoms with Crippen molar-refractivity contribution in [1.82, 2.24) is 9.55 Å². The molecule has 2 aromatic rings. The number of halogens is 3. The van der Waals surface area contributed by atoms with Gasteiger partial charge in [-0.15, -0.1) is 0 Å².